The van der Waals surface area contributed by atoms with Gasteiger partial charge in [-0.1, -0.05) is 6.42 Å². The molecule has 7 nitrogen and oxygen atoms in total. The summed E-state index contributed by atoms with van der Waals surface area (Å²) < 4.78 is 0. The zero-order valence-electron chi connectivity index (χ0n) is 9.51. The highest BCUT2D eigenvalue weighted by Crippen LogP contribution is 2.11. The molecule has 0 aromatic heterocycles. The van der Waals surface area contributed by atoms with Gasteiger partial charge in [0.05, 0.1) is 0 Å². The molecule has 1 aliphatic heterocycles. The number of nitrogens with zero attached hydrogens (tertiary/aromatic N) is 2. The number of hydrogen-bond donors (Lipinski definition) is 1. The van der Waals surface area contributed by atoms with Gasteiger partial charge in [0.2, 0.25) is 0 Å². The first-order valence-corrected chi connectivity index (χ1v) is 5.30. The molecule has 4 amide bonds. The second-order valence-electron chi connectivity index (χ2n) is 3.81. The Hall–Kier alpha value is -1.92. The summed E-state index contributed by atoms with van der Waals surface area (Å²) in [5, 5.41) is 8.41. The number of carbonyl (C=O) groups excluding carboxylic acids is 3. The molecule has 0 atom stereocenters. The average Bonchev–Trinajstić information content (AvgIpc) is 2.45. The molecule has 7 heteroatoms. The molecule has 0 saturated carbocycles. The third-order valence-electron chi connectivity index (χ3n) is 2.52. The summed E-state index contributed by atoms with van der Waals surface area (Å²) in [6.45, 7) is 0.160. The molecular formula is C10H14N2O5. The molecule has 0 aromatic carbocycles. The standard InChI is InChI=1S/C10H14N2O5/c1-11-8(15)9(16)12(10(11)17)6-4-2-3-5-7(13)14/h2-6H2,1H3,(H,13,14). The van der Waals surface area contributed by atoms with Crippen LogP contribution in [0.4, 0.5) is 4.79 Å². The number of carbonyl (C=O) groups is 4. The molecule has 1 N–H and O–H groups in total. The number of rotatable bonds is 6. The fourth-order valence-corrected chi connectivity index (χ4v) is 1.53. The van der Waals surface area contributed by atoms with Crippen LogP contribution in [0, 0.1) is 0 Å². The van der Waals surface area contributed by atoms with Crippen LogP contribution in [-0.4, -0.2) is 52.3 Å². The van der Waals surface area contributed by atoms with Gasteiger partial charge in [-0.2, -0.15) is 0 Å². The van der Waals surface area contributed by atoms with Gasteiger partial charge in [-0.05, 0) is 12.8 Å². The highest BCUT2D eigenvalue weighted by Gasteiger charge is 2.41. The van der Waals surface area contributed by atoms with Crippen LogP contribution in [0.1, 0.15) is 25.7 Å². The third-order valence-corrected chi connectivity index (χ3v) is 2.52. The Balaban J connectivity index is 2.33. The lowest BCUT2D eigenvalue weighted by atomic mass is 10.2. The van der Waals surface area contributed by atoms with Gasteiger partial charge in [0.1, 0.15) is 0 Å². The van der Waals surface area contributed by atoms with Crippen molar-refractivity contribution in [2.45, 2.75) is 25.7 Å². The Morgan fingerprint density at radius 3 is 2.24 bits per heavy atom. The largest absolute Gasteiger partial charge is 0.481 e. The van der Waals surface area contributed by atoms with Gasteiger partial charge < -0.3 is 5.11 Å². The third kappa shape index (κ3) is 3.02. The topological polar surface area (TPSA) is 95.0 Å². The molecule has 1 rings (SSSR count). The molecule has 17 heavy (non-hydrogen) atoms. The van der Waals surface area contributed by atoms with E-state index in [9.17, 15) is 19.2 Å². The predicted octanol–water partition coefficient (Wildman–Crippen LogP) is 0.0520. The van der Waals surface area contributed by atoms with Crippen LogP contribution in [0.15, 0.2) is 0 Å². The molecule has 0 aliphatic carbocycles. The van der Waals surface area contributed by atoms with Crippen molar-refractivity contribution >= 4 is 23.8 Å². The van der Waals surface area contributed by atoms with Crippen molar-refractivity contribution in [3.63, 3.8) is 0 Å². The number of likely N-dealkylation sites (N-methyl/N-ethyl adjacent to an activating group) is 1. The van der Waals surface area contributed by atoms with Crippen LogP contribution in [-0.2, 0) is 14.4 Å². The lowest BCUT2D eigenvalue weighted by molar-refractivity contribution is -0.142. The minimum Gasteiger partial charge on any atom is -0.481 e. The first kappa shape index (κ1) is 13.1. The normalized spacial score (nSPS) is 15.9. The summed E-state index contributed by atoms with van der Waals surface area (Å²) in [4.78, 5) is 45.8. The highest BCUT2D eigenvalue weighted by molar-refractivity contribution is 6.44. The van der Waals surface area contributed by atoms with Crippen LogP contribution in [0.25, 0.3) is 0 Å². The van der Waals surface area contributed by atoms with Crippen molar-refractivity contribution in [1.29, 1.82) is 0 Å². The van der Waals surface area contributed by atoms with E-state index in [1.54, 1.807) is 0 Å². The Bertz CT molecular complexity index is 366. The Kier molecular flexibility index (Phi) is 4.19. The van der Waals surface area contributed by atoms with E-state index in [4.69, 9.17) is 5.11 Å². The Labute approximate surface area is 98.0 Å². The number of aliphatic carboxylic acids is 1. The molecule has 0 bridgehead atoms. The van der Waals surface area contributed by atoms with Crippen molar-refractivity contribution in [1.82, 2.24) is 9.80 Å². The van der Waals surface area contributed by atoms with Gasteiger partial charge in [-0.3, -0.25) is 24.2 Å². The second-order valence-corrected chi connectivity index (χ2v) is 3.81. The average molecular weight is 242 g/mol. The van der Waals surface area contributed by atoms with Crippen LogP contribution in [0.5, 0.6) is 0 Å². The molecule has 1 saturated heterocycles. The van der Waals surface area contributed by atoms with Crippen LogP contribution in [0.2, 0.25) is 0 Å². The number of hydrogen-bond acceptors (Lipinski definition) is 4. The maximum absolute atomic E-state index is 11.4. The van der Waals surface area contributed by atoms with Crippen molar-refractivity contribution in [2.75, 3.05) is 13.6 Å². The zero-order valence-corrected chi connectivity index (χ0v) is 9.51. The van der Waals surface area contributed by atoms with Gasteiger partial charge in [-0.25, -0.2) is 4.79 Å². The first-order chi connectivity index (χ1) is 7.95. The van der Waals surface area contributed by atoms with Crippen LogP contribution >= 0.6 is 0 Å². The van der Waals surface area contributed by atoms with Gasteiger partial charge >= 0.3 is 23.8 Å². The molecule has 0 radical (unpaired) electrons. The number of urea groups is 1. The number of carboxylic acid groups (broad SMARTS) is 1. The quantitative estimate of drug-likeness (QED) is 0.403. The van der Waals surface area contributed by atoms with Crippen LogP contribution < -0.4 is 0 Å². The number of amides is 4. The smallest absolute Gasteiger partial charge is 0.333 e. The molecule has 1 heterocycles. The summed E-state index contributed by atoms with van der Waals surface area (Å²) >= 11 is 0. The summed E-state index contributed by atoms with van der Waals surface area (Å²) in [5.74, 6) is -2.50. The molecule has 1 fully saturated rings. The van der Waals surface area contributed by atoms with Gasteiger partial charge in [0, 0.05) is 20.0 Å². The number of unbranched alkanes of at least 4 members (excludes halogenated alkanes) is 2. The fourth-order valence-electron chi connectivity index (χ4n) is 1.53. The van der Waals surface area contributed by atoms with E-state index in [-0.39, 0.29) is 13.0 Å². The van der Waals surface area contributed by atoms with E-state index in [0.29, 0.717) is 19.3 Å². The zero-order chi connectivity index (χ0) is 13.0. The molecule has 1 aliphatic rings. The van der Waals surface area contributed by atoms with E-state index < -0.39 is 23.8 Å². The van der Waals surface area contributed by atoms with Crippen molar-refractivity contribution < 1.29 is 24.3 Å². The molecule has 0 spiro atoms. The lowest BCUT2D eigenvalue weighted by Crippen LogP contribution is -2.32. The van der Waals surface area contributed by atoms with E-state index >= 15 is 0 Å². The fraction of sp³-hybridized carbons (Fsp3) is 0.600. The van der Waals surface area contributed by atoms with E-state index in [1.807, 2.05) is 0 Å². The molecular weight excluding hydrogens is 228 g/mol. The highest BCUT2D eigenvalue weighted by atomic mass is 16.4. The molecule has 0 unspecified atom stereocenters. The van der Waals surface area contributed by atoms with Gasteiger partial charge in [0.15, 0.2) is 0 Å². The minimum atomic E-state index is -0.867. The summed E-state index contributed by atoms with van der Waals surface area (Å²) in [6.07, 6.45) is 1.67. The second kappa shape index (κ2) is 5.42. The number of imide groups is 2. The monoisotopic (exact) mass is 242 g/mol. The maximum atomic E-state index is 11.4. The minimum absolute atomic E-state index is 0.0702. The Morgan fingerprint density at radius 1 is 1.12 bits per heavy atom. The van der Waals surface area contributed by atoms with Crippen molar-refractivity contribution in [2.24, 2.45) is 0 Å². The van der Waals surface area contributed by atoms with Gasteiger partial charge in [-0.15, -0.1) is 0 Å². The van der Waals surface area contributed by atoms with Gasteiger partial charge in [0.25, 0.3) is 0 Å². The van der Waals surface area contributed by atoms with E-state index in [1.165, 1.54) is 7.05 Å². The Morgan fingerprint density at radius 2 is 1.76 bits per heavy atom. The summed E-state index contributed by atoms with van der Waals surface area (Å²) in [6, 6.07) is -0.613. The van der Waals surface area contributed by atoms with Crippen molar-refractivity contribution in [3.05, 3.63) is 0 Å². The van der Waals surface area contributed by atoms with E-state index in [2.05, 4.69) is 0 Å². The van der Waals surface area contributed by atoms with E-state index in [0.717, 1.165) is 9.80 Å². The van der Waals surface area contributed by atoms with Crippen molar-refractivity contribution in [3.8, 4) is 0 Å². The molecule has 0 aromatic rings. The predicted molar refractivity (Wildman–Crippen MR) is 56.0 cm³/mol. The lowest BCUT2D eigenvalue weighted by Gasteiger charge is -2.11. The summed E-state index contributed by atoms with van der Waals surface area (Å²) in [7, 11) is 1.26. The maximum Gasteiger partial charge on any atom is 0.333 e. The SMILES string of the molecule is CN1C(=O)C(=O)N(CCCCCC(=O)O)C1=O. The summed E-state index contributed by atoms with van der Waals surface area (Å²) in [5.41, 5.74) is 0. The number of carboxylic acids is 1. The van der Waals surface area contributed by atoms with Crippen LogP contribution in [0.3, 0.4) is 0 Å². The molecule has 94 valence electrons. The first-order valence-electron chi connectivity index (χ1n) is 5.30.